The van der Waals surface area contributed by atoms with Crippen molar-refractivity contribution in [2.24, 2.45) is 0 Å². The van der Waals surface area contributed by atoms with E-state index in [2.05, 4.69) is 9.97 Å². The van der Waals surface area contributed by atoms with Crippen molar-refractivity contribution in [3.63, 3.8) is 0 Å². The summed E-state index contributed by atoms with van der Waals surface area (Å²) in [6.45, 7) is 8.54. The van der Waals surface area contributed by atoms with Gasteiger partial charge in [0.25, 0.3) is 5.56 Å². The first kappa shape index (κ1) is 23.9. The lowest BCUT2D eigenvalue weighted by molar-refractivity contribution is 0.0531. The normalized spacial score (nSPS) is 12.5. The number of nitrogens with zero attached hydrogens (tertiary/aromatic N) is 2. The number of aromatic amines is 1. The summed E-state index contributed by atoms with van der Waals surface area (Å²) in [5, 5.41) is 10.9. The predicted molar refractivity (Wildman–Crippen MR) is 125 cm³/mol. The largest absolute Gasteiger partial charge is 0.491 e. The monoisotopic (exact) mass is 459 g/mol. The highest BCUT2D eigenvalue weighted by Gasteiger charge is 2.22. The number of H-pyrrole nitrogens is 1. The van der Waals surface area contributed by atoms with Gasteiger partial charge in [-0.15, -0.1) is 11.3 Å². The first-order valence-corrected chi connectivity index (χ1v) is 11.2. The average molecular weight is 460 g/mol. The standard InChI is InChI=1S/C23H29N3O5S/c1-13(2)26(10-16(27)12-31-17-9-7-6-8-14(17)3)11-18-24-21(28)19-15(4)20(23(29)30-5)32-22(19)25-18/h6-9,13,16,27H,10-12H2,1-5H3,(H,24,25,28)/t16-/m0/s1. The quantitative estimate of drug-likeness (QED) is 0.474. The summed E-state index contributed by atoms with van der Waals surface area (Å²) in [7, 11) is 1.31. The van der Waals surface area contributed by atoms with Crippen LogP contribution in [0.1, 0.15) is 40.5 Å². The Labute approximate surface area is 190 Å². The molecule has 0 amide bonds. The summed E-state index contributed by atoms with van der Waals surface area (Å²) < 4.78 is 10.6. The zero-order valence-electron chi connectivity index (χ0n) is 19.0. The third-order valence-corrected chi connectivity index (χ3v) is 6.44. The summed E-state index contributed by atoms with van der Waals surface area (Å²) in [6, 6.07) is 7.76. The molecule has 0 saturated carbocycles. The lowest BCUT2D eigenvalue weighted by atomic mass is 10.2. The number of benzene rings is 1. The lowest BCUT2D eigenvalue weighted by Crippen LogP contribution is -2.40. The van der Waals surface area contributed by atoms with Crippen molar-refractivity contribution >= 4 is 27.5 Å². The van der Waals surface area contributed by atoms with Gasteiger partial charge in [0.1, 0.15) is 34.0 Å². The number of esters is 1. The molecule has 32 heavy (non-hydrogen) atoms. The third kappa shape index (κ3) is 5.35. The Morgan fingerprint density at radius 2 is 2.00 bits per heavy atom. The molecule has 1 aromatic carbocycles. The molecule has 0 saturated heterocycles. The van der Waals surface area contributed by atoms with Gasteiger partial charge in [-0.1, -0.05) is 18.2 Å². The molecule has 172 valence electrons. The van der Waals surface area contributed by atoms with E-state index < -0.39 is 12.1 Å². The average Bonchev–Trinajstić information content (AvgIpc) is 3.08. The Balaban J connectivity index is 1.74. The maximum atomic E-state index is 12.7. The van der Waals surface area contributed by atoms with Gasteiger partial charge in [0, 0.05) is 12.6 Å². The van der Waals surface area contributed by atoms with Gasteiger partial charge < -0.3 is 19.6 Å². The molecule has 0 bridgehead atoms. The van der Waals surface area contributed by atoms with Crippen molar-refractivity contribution in [2.45, 2.75) is 46.4 Å². The minimum Gasteiger partial charge on any atom is -0.491 e. The van der Waals surface area contributed by atoms with Crippen molar-refractivity contribution in [1.29, 1.82) is 0 Å². The van der Waals surface area contributed by atoms with E-state index in [-0.39, 0.29) is 18.2 Å². The number of para-hydroxylation sites is 1. The van der Waals surface area contributed by atoms with Crippen LogP contribution in [-0.2, 0) is 11.3 Å². The van der Waals surface area contributed by atoms with Crippen LogP contribution >= 0.6 is 11.3 Å². The number of hydrogen-bond donors (Lipinski definition) is 2. The molecule has 0 aliphatic carbocycles. The van der Waals surface area contributed by atoms with Gasteiger partial charge in [-0.25, -0.2) is 9.78 Å². The second-order valence-electron chi connectivity index (χ2n) is 7.99. The highest BCUT2D eigenvalue weighted by molar-refractivity contribution is 7.20. The number of aryl methyl sites for hydroxylation is 2. The molecule has 2 aromatic heterocycles. The van der Waals surface area contributed by atoms with Gasteiger partial charge in [0.05, 0.1) is 19.0 Å². The first-order chi connectivity index (χ1) is 15.2. The van der Waals surface area contributed by atoms with Gasteiger partial charge in [0.15, 0.2) is 0 Å². The number of ether oxygens (including phenoxy) is 2. The van der Waals surface area contributed by atoms with Crippen LogP contribution in [0.25, 0.3) is 10.2 Å². The Bertz CT molecular complexity index is 1150. The minimum absolute atomic E-state index is 0.0970. The molecule has 8 nitrogen and oxygen atoms in total. The van der Waals surface area contributed by atoms with Gasteiger partial charge in [0.2, 0.25) is 0 Å². The summed E-state index contributed by atoms with van der Waals surface area (Å²) in [5.41, 5.74) is 1.29. The van der Waals surface area contributed by atoms with E-state index in [1.165, 1.54) is 7.11 Å². The number of methoxy groups -OCH3 is 1. The number of nitrogens with one attached hydrogen (secondary N) is 1. The molecule has 0 fully saturated rings. The van der Waals surface area contributed by atoms with E-state index in [0.29, 0.717) is 39.6 Å². The molecule has 0 aliphatic rings. The van der Waals surface area contributed by atoms with Crippen molar-refractivity contribution in [1.82, 2.24) is 14.9 Å². The lowest BCUT2D eigenvalue weighted by Gasteiger charge is -2.28. The highest BCUT2D eigenvalue weighted by atomic mass is 32.1. The van der Waals surface area contributed by atoms with Crippen molar-refractivity contribution in [3.8, 4) is 5.75 Å². The highest BCUT2D eigenvalue weighted by Crippen LogP contribution is 2.27. The van der Waals surface area contributed by atoms with Crippen LogP contribution in [0.2, 0.25) is 0 Å². The molecule has 9 heteroatoms. The Morgan fingerprint density at radius 3 is 2.66 bits per heavy atom. The zero-order valence-corrected chi connectivity index (χ0v) is 19.8. The summed E-state index contributed by atoms with van der Waals surface area (Å²) in [4.78, 5) is 34.9. The number of carbonyl (C=O) groups excluding carboxylic acids is 1. The number of thiophene rings is 1. The molecule has 0 spiro atoms. The zero-order chi connectivity index (χ0) is 23.4. The molecule has 3 rings (SSSR count). The SMILES string of the molecule is COC(=O)c1sc2nc(CN(C[C@H](O)COc3ccccc3C)C(C)C)[nH]c(=O)c2c1C. The third-order valence-electron chi connectivity index (χ3n) is 5.27. The van der Waals surface area contributed by atoms with E-state index in [9.17, 15) is 14.7 Å². The maximum absolute atomic E-state index is 12.7. The summed E-state index contributed by atoms with van der Waals surface area (Å²) in [6.07, 6.45) is -0.720. The minimum atomic E-state index is -0.720. The van der Waals surface area contributed by atoms with Crippen LogP contribution in [0.4, 0.5) is 0 Å². The molecular formula is C23H29N3O5S. The van der Waals surface area contributed by atoms with Crippen molar-refractivity contribution in [2.75, 3.05) is 20.3 Å². The molecular weight excluding hydrogens is 430 g/mol. The van der Waals surface area contributed by atoms with E-state index in [1.54, 1.807) is 6.92 Å². The van der Waals surface area contributed by atoms with Gasteiger partial charge in [-0.2, -0.15) is 0 Å². The second-order valence-corrected chi connectivity index (χ2v) is 8.99. The predicted octanol–water partition coefficient (Wildman–Crippen LogP) is 3.04. The van der Waals surface area contributed by atoms with Gasteiger partial charge in [-0.05, 0) is 44.9 Å². The van der Waals surface area contributed by atoms with E-state index >= 15 is 0 Å². The molecule has 0 aliphatic heterocycles. The topological polar surface area (TPSA) is 105 Å². The molecule has 3 aromatic rings. The Hall–Kier alpha value is -2.75. The molecule has 1 atom stereocenters. The number of aromatic nitrogens is 2. The van der Waals surface area contributed by atoms with Crippen molar-refractivity contribution in [3.05, 3.63) is 56.4 Å². The van der Waals surface area contributed by atoms with E-state index in [4.69, 9.17) is 9.47 Å². The van der Waals surface area contributed by atoms with Gasteiger partial charge in [-0.3, -0.25) is 9.69 Å². The molecule has 2 N–H and O–H groups in total. The summed E-state index contributed by atoms with van der Waals surface area (Å²) >= 11 is 1.15. The molecule has 0 radical (unpaired) electrons. The number of aliphatic hydroxyl groups excluding tert-OH is 1. The molecule has 0 unspecified atom stereocenters. The second kappa shape index (κ2) is 10.2. The fourth-order valence-corrected chi connectivity index (χ4v) is 4.55. The fourth-order valence-electron chi connectivity index (χ4n) is 3.43. The smallest absolute Gasteiger partial charge is 0.348 e. The van der Waals surface area contributed by atoms with Gasteiger partial charge >= 0.3 is 5.97 Å². The Kier molecular flexibility index (Phi) is 7.65. The number of fused-ring (bicyclic) bond motifs is 1. The van der Waals surface area contributed by atoms with Crippen LogP contribution in [-0.4, -0.2) is 58.4 Å². The van der Waals surface area contributed by atoms with E-state index in [0.717, 1.165) is 22.6 Å². The van der Waals surface area contributed by atoms with Crippen LogP contribution < -0.4 is 10.3 Å². The van der Waals surface area contributed by atoms with Crippen LogP contribution in [0, 0.1) is 13.8 Å². The Morgan fingerprint density at radius 1 is 1.28 bits per heavy atom. The van der Waals surface area contributed by atoms with Crippen LogP contribution in [0.3, 0.4) is 0 Å². The first-order valence-electron chi connectivity index (χ1n) is 10.4. The summed E-state index contributed by atoms with van der Waals surface area (Å²) in [5.74, 6) is 0.737. The number of aliphatic hydroxyl groups is 1. The maximum Gasteiger partial charge on any atom is 0.348 e. The van der Waals surface area contributed by atoms with E-state index in [1.807, 2.05) is 49.9 Å². The molecule has 2 heterocycles. The van der Waals surface area contributed by atoms with Crippen LogP contribution in [0.15, 0.2) is 29.1 Å². The van der Waals surface area contributed by atoms with Crippen molar-refractivity contribution < 1.29 is 19.4 Å². The number of hydrogen-bond acceptors (Lipinski definition) is 8. The number of carbonyl (C=O) groups is 1. The fraction of sp³-hybridized carbons (Fsp3) is 0.435. The number of rotatable bonds is 9. The van der Waals surface area contributed by atoms with Crippen LogP contribution in [0.5, 0.6) is 5.75 Å².